The molecule has 0 spiro atoms. The van der Waals surface area contributed by atoms with Crippen LogP contribution in [0.3, 0.4) is 0 Å². The predicted molar refractivity (Wildman–Crippen MR) is 139 cm³/mol. The zero-order chi connectivity index (χ0) is 27.2. The molecule has 38 heavy (non-hydrogen) atoms. The molecule has 1 saturated heterocycles. The van der Waals surface area contributed by atoms with Gasteiger partial charge in [-0.15, -0.1) is 0 Å². The number of hydrogen-bond donors (Lipinski definition) is 2. The quantitative estimate of drug-likeness (QED) is 0.307. The molecule has 2 N–H and O–H groups in total. The standard InChI is InChI=1S/C27H24ClN3O7/c1-3-36-22-13-17(11-20-25(33)30-27(35)31(26(20)34)14-19-5-4-10-37-19)12-21(28)24(22)38-15-23(32)29-18-8-6-16(2)7-9-18/h4-13H,3,14-15H2,1-2H3,(H,29,32)(H,30,33,35)/b20-11+. The summed E-state index contributed by atoms with van der Waals surface area (Å²) in [4.78, 5) is 50.9. The molecule has 0 atom stereocenters. The Labute approximate surface area is 223 Å². The maximum absolute atomic E-state index is 13.0. The summed E-state index contributed by atoms with van der Waals surface area (Å²) in [5.74, 6) is -1.33. The lowest BCUT2D eigenvalue weighted by Crippen LogP contribution is -2.53. The number of rotatable bonds is 9. The molecule has 196 valence electrons. The summed E-state index contributed by atoms with van der Waals surface area (Å²) in [6.07, 6.45) is 2.71. The number of urea groups is 1. The molecule has 0 radical (unpaired) electrons. The number of hydrogen-bond acceptors (Lipinski definition) is 7. The summed E-state index contributed by atoms with van der Waals surface area (Å²) in [6.45, 7) is 3.47. The van der Waals surface area contributed by atoms with E-state index in [9.17, 15) is 19.2 Å². The fourth-order valence-electron chi connectivity index (χ4n) is 3.61. The summed E-state index contributed by atoms with van der Waals surface area (Å²) in [5, 5.41) is 4.97. The normalized spacial score (nSPS) is 14.4. The van der Waals surface area contributed by atoms with Crippen molar-refractivity contribution in [2.24, 2.45) is 0 Å². The second kappa shape index (κ2) is 11.7. The van der Waals surface area contributed by atoms with Crippen molar-refractivity contribution in [3.8, 4) is 11.5 Å². The Morgan fingerprint density at radius 1 is 1.13 bits per heavy atom. The Morgan fingerprint density at radius 2 is 1.89 bits per heavy atom. The lowest BCUT2D eigenvalue weighted by molar-refractivity contribution is -0.130. The van der Waals surface area contributed by atoms with Crippen molar-refractivity contribution in [2.45, 2.75) is 20.4 Å². The first kappa shape index (κ1) is 26.5. The van der Waals surface area contributed by atoms with Gasteiger partial charge in [0.15, 0.2) is 18.1 Å². The third kappa shape index (κ3) is 6.22. The molecule has 1 aliphatic rings. The molecule has 5 amide bonds. The van der Waals surface area contributed by atoms with Crippen LogP contribution < -0.4 is 20.1 Å². The zero-order valence-electron chi connectivity index (χ0n) is 20.6. The SMILES string of the molecule is CCOc1cc(/C=C2\C(=O)NC(=O)N(Cc3ccco3)C2=O)cc(Cl)c1OCC(=O)Nc1ccc(C)cc1. The average molecular weight is 538 g/mol. The van der Waals surface area contributed by atoms with Crippen LogP contribution in [-0.2, 0) is 20.9 Å². The van der Waals surface area contributed by atoms with Crippen LogP contribution in [0.15, 0.2) is 64.8 Å². The van der Waals surface area contributed by atoms with E-state index in [0.717, 1.165) is 10.5 Å². The Bertz CT molecular complexity index is 1400. The van der Waals surface area contributed by atoms with Gasteiger partial charge in [-0.25, -0.2) is 4.79 Å². The van der Waals surface area contributed by atoms with Gasteiger partial charge in [0.25, 0.3) is 17.7 Å². The lowest BCUT2D eigenvalue weighted by Gasteiger charge is -2.25. The molecule has 1 fully saturated rings. The average Bonchev–Trinajstić information content (AvgIpc) is 3.39. The van der Waals surface area contributed by atoms with Gasteiger partial charge in [0.2, 0.25) is 0 Å². The van der Waals surface area contributed by atoms with Crippen LogP contribution in [-0.4, -0.2) is 41.9 Å². The van der Waals surface area contributed by atoms with Gasteiger partial charge in [0.1, 0.15) is 11.3 Å². The number of carbonyl (C=O) groups is 4. The van der Waals surface area contributed by atoms with Crippen LogP contribution in [0.4, 0.5) is 10.5 Å². The third-order valence-electron chi connectivity index (χ3n) is 5.41. The van der Waals surface area contributed by atoms with Crippen molar-refractivity contribution < 1.29 is 33.1 Å². The number of ether oxygens (including phenoxy) is 2. The highest BCUT2D eigenvalue weighted by Gasteiger charge is 2.36. The first-order valence-corrected chi connectivity index (χ1v) is 12.0. The van der Waals surface area contributed by atoms with Gasteiger partial charge < -0.3 is 19.2 Å². The fourth-order valence-corrected chi connectivity index (χ4v) is 3.88. The van der Waals surface area contributed by atoms with Crippen LogP contribution in [0.5, 0.6) is 11.5 Å². The van der Waals surface area contributed by atoms with Gasteiger partial charge in [0, 0.05) is 5.69 Å². The van der Waals surface area contributed by atoms with E-state index in [1.54, 1.807) is 31.2 Å². The number of halogens is 1. The van der Waals surface area contributed by atoms with E-state index in [-0.39, 0.29) is 41.9 Å². The van der Waals surface area contributed by atoms with Gasteiger partial charge in [-0.3, -0.25) is 24.6 Å². The molecule has 2 aromatic carbocycles. The number of barbiturate groups is 1. The number of aryl methyl sites for hydroxylation is 1. The van der Waals surface area contributed by atoms with Gasteiger partial charge in [-0.05, 0) is 61.9 Å². The summed E-state index contributed by atoms with van der Waals surface area (Å²) in [6, 6.07) is 12.6. The van der Waals surface area contributed by atoms with Crippen molar-refractivity contribution >= 4 is 47.1 Å². The number of furan rings is 1. The third-order valence-corrected chi connectivity index (χ3v) is 5.69. The van der Waals surface area contributed by atoms with E-state index in [1.807, 2.05) is 19.1 Å². The molecule has 11 heteroatoms. The first-order chi connectivity index (χ1) is 18.2. The monoisotopic (exact) mass is 537 g/mol. The van der Waals surface area contributed by atoms with Crippen molar-refractivity contribution in [3.63, 3.8) is 0 Å². The summed E-state index contributed by atoms with van der Waals surface area (Å²) < 4.78 is 16.5. The van der Waals surface area contributed by atoms with E-state index in [0.29, 0.717) is 17.0 Å². The molecule has 3 aromatic rings. The smallest absolute Gasteiger partial charge is 0.331 e. The molecule has 10 nitrogen and oxygen atoms in total. The molecule has 1 aromatic heterocycles. The maximum Gasteiger partial charge on any atom is 0.331 e. The Morgan fingerprint density at radius 3 is 2.58 bits per heavy atom. The second-order valence-corrected chi connectivity index (χ2v) is 8.66. The van der Waals surface area contributed by atoms with E-state index in [4.69, 9.17) is 25.5 Å². The minimum Gasteiger partial charge on any atom is -0.490 e. The molecule has 1 aliphatic heterocycles. The number of nitrogens with zero attached hydrogens (tertiary/aromatic N) is 1. The Balaban J connectivity index is 1.53. The van der Waals surface area contributed by atoms with E-state index >= 15 is 0 Å². The molecular formula is C27H24ClN3O7. The number of carbonyl (C=O) groups excluding carboxylic acids is 4. The van der Waals surface area contributed by atoms with Crippen LogP contribution in [0.2, 0.25) is 5.02 Å². The Hall–Kier alpha value is -4.57. The lowest BCUT2D eigenvalue weighted by atomic mass is 10.1. The minimum absolute atomic E-state index is 0.0955. The summed E-state index contributed by atoms with van der Waals surface area (Å²) in [7, 11) is 0. The molecule has 2 heterocycles. The first-order valence-electron chi connectivity index (χ1n) is 11.6. The molecular weight excluding hydrogens is 514 g/mol. The number of anilines is 1. The zero-order valence-corrected chi connectivity index (χ0v) is 21.3. The molecule has 4 rings (SSSR count). The van der Waals surface area contributed by atoms with Gasteiger partial charge >= 0.3 is 6.03 Å². The van der Waals surface area contributed by atoms with Crippen molar-refractivity contribution in [2.75, 3.05) is 18.5 Å². The Kier molecular flexibility index (Phi) is 8.12. The van der Waals surface area contributed by atoms with Crippen LogP contribution in [0.1, 0.15) is 23.8 Å². The number of amides is 5. The van der Waals surface area contributed by atoms with E-state index in [1.165, 1.54) is 24.5 Å². The largest absolute Gasteiger partial charge is 0.490 e. The van der Waals surface area contributed by atoms with Crippen molar-refractivity contribution in [3.05, 3.63) is 82.3 Å². The van der Waals surface area contributed by atoms with Gasteiger partial charge in [-0.1, -0.05) is 29.3 Å². The van der Waals surface area contributed by atoms with E-state index < -0.39 is 23.8 Å². The minimum atomic E-state index is -0.853. The molecule has 0 unspecified atom stereocenters. The number of benzene rings is 2. The predicted octanol–water partition coefficient (Wildman–Crippen LogP) is 4.32. The summed E-state index contributed by atoms with van der Waals surface area (Å²) in [5.41, 5.74) is 1.76. The van der Waals surface area contributed by atoms with Gasteiger partial charge in [-0.2, -0.15) is 0 Å². The molecule has 0 bridgehead atoms. The van der Waals surface area contributed by atoms with Crippen LogP contribution in [0.25, 0.3) is 6.08 Å². The fraction of sp³-hybridized carbons (Fsp3) is 0.185. The molecule has 0 aliphatic carbocycles. The highest BCUT2D eigenvalue weighted by atomic mass is 35.5. The number of imide groups is 2. The second-order valence-electron chi connectivity index (χ2n) is 8.25. The van der Waals surface area contributed by atoms with Crippen molar-refractivity contribution in [1.82, 2.24) is 10.2 Å². The van der Waals surface area contributed by atoms with Crippen LogP contribution in [0, 0.1) is 6.92 Å². The van der Waals surface area contributed by atoms with Crippen LogP contribution >= 0.6 is 11.6 Å². The summed E-state index contributed by atoms with van der Waals surface area (Å²) >= 11 is 6.44. The maximum atomic E-state index is 13.0. The number of nitrogens with one attached hydrogen (secondary N) is 2. The topological polar surface area (TPSA) is 127 Å². The molecule has 0 saturated carbocycles. The van der Waals surface area contributed by atoms with Gasteiger partial charge in [0.05, 0.1) is 24.4 Å². The van der Waals surface area contributed by atoms with Crippen molar-refractivity contribution in [1.29, 1.82) is 0 Å². The van der Waals surface area contributed by atoms with E-state index in [2.05, 4.69) is 10.6 Å². The highest BCUT2D eigenvalue weighted by molar-refractivity contribution is 6.33. The highest BCUT2D eigenvalue weighted by Crippen LogP contribution is 2.37.